The number of rotatable bonds is 3. The summed E-state index contributed by atoms with van der Waals surface area (Å²) in [5.74, 6) is 0.501. The average molecular weight is 333 g/mol. The first-order chi connectivity index (χ1) is 11.0. The number of aromatic hydroxyl groups is 1. The molecule has 0 radical (unpaired) electrons. The van der Waals surface area contributed by atoms with Crippen molar-refractivity contribution < 1.29 is 14.6 Å². The zero-order valence-electron chi connectivity index (χ0n) is 15.3. The Kier molecular flexibility index (Phi) is 4.87. The third kappa shape index (κ3) is 4.04. The molecule has 1 saturated heterocycles. The molecule has 2 rings (SSSR count). The van der Waals surface area contributed by atoms with E-state index in [0.29, 0.717) is 30.2 Å². The van der Waals surface area contributed by atoms with E-state index in [1.165, 1.54) is 6.26 Å². The van der Waals surface area contributed by atoms with E-state index in [1.54, 1.807) is 6.08 Å². The molecule has 1 aliphatic heterocycles. The van der Waals surface area contributed by atoms with Gasteiger partial charge in [0, 0.05) is 29.9 Å². The first-order valence-corrected chi connectivity index (χ1v) is 8.22. The molecule has 0 aromatic carbocycles. The fourth-order valence-electron chi connectivity index (χ4n) is 2.49. The highest BCUT2D eigenvalue weighted by Crippen LogP contribution is 2.36. The van der Waals surface area contributed by atoms with Gasteiger partial charge in [0.05, 0.1) is 17.6 Å². The Bertz CT molecular complexity index is 619. The maximum Gasteiger partial charge on any atom is 0.261 e. The van der Waals surface area contributed by atoms with Gasteiger partial charge >= 0.3 is 0 Å². The monoisotopic (exact) mass is 333 g/mol. The maximum atomic E-state index is 11.5. The van der Waals surface area contributed by atoms with Gasteiger partial charge in [-0.2, -0.15) is 0 Å². The zero-order chi connectivity index (χ0) is 18.1. The number of nitrogens with zero attached hydrogens (tertiary/aromatic N) is 2. The molecule has 132 valence electrons. The molecule has 0 spiro atoms. The quantitative estimate of drug-likeness (QED) is 0.831. The van der Waals surface area contributed by atoms with Crippen LogP contribution >= 0.6 is 0 Å². The fourth-order valence-corrected chi connectivity index (χ4v) is 2.49. The Morgan fingerprint density at radius 2 is 1.67 bits per heavy atom. The van der Waals surface area contributed by atoms with Gasteiger partial charge in [-0.3, -0.25) is 4.79 Å². The standard InChI is InChI=1S/C18H27N3O3/c1-17(2,3)14-13(22)15(18(4,5)6)21-12(20-14)8-10-24-11-7-9-19-16(11)23/h8,10-11,22H,7,9H2,1-6H3,(H,19,23). The Labute approximate surface area is 143 Å². The summed E-state index contributed by atoms with van der Waals surface area (Å²) in [6, 6.07) is 0. The first-order valence-electron chi connectivity index (χ1n) is 8.22. The summed E-state index contributed by atoms with van der Waals surface area (Å²) in [5.41, 5.74) is 0.560. The normalized spacial score (nSPS) is 18.9. The average Bonchev–Trinajstić information content (AvgIpc) is 2.83. The molecule has 0 bridgehead atoms. The molecule has 2 N–H and O–H groups in total. The number of hydrogen-bond acceptors (Lipinski definition) is 5. The van der Waals surface area contributed by atoms with Crippen LogP contribution in [-0.2, 0) is 20.4 Å². The largest absolute Gasteiger partial charge is 0.504 e. The molecular formula is C18H27N3O3. The molecule has 1 amide bonds. The van der Waals surface area contributed by atoms with Gasteiger partial charge in [0.25, 0.3) is 5.91 Å². The maximum absolute atomic E-state index is 11.5. The summed E-state index contributed by atoms with van der Waals surface area (Å²) >= 11 is 0. The molecule has 6 heteroatoms. The lowest BCUT2D eigenvalue weighted by Gasteiger charge is -2.25. The van der Waals surface area contributed by atoms with Crippen LogP contribution in [0.25, 0.3) is 6.08 Å². The SMILES string of the molecule is CC(C)(C)c1nc(C=COC2CCNC2=O)nc(C(C)(C)C)c1O. The number of aromatic nitrogens is 2. The van der Waals surface area contributed by atoms with Crippen molar-refractivity contribution in [3.05, 3.63) is 23.5 Å². The van der Waals surface area contributed by atoms with Gasteiger partial charge in [-0.05, 0) is 0 Å². The van der Waals surface area contributed by atoms with Crippen LogP contribution < -0.4 is 5.32 Å². The van der Waals surface area contributed by atoms with Gasteiger partial charge in [-0.15, -0.1) is 0 Å². The van der Waals surface area contributed by atoms with Crippen LogP contribution in [0.4, 0.5) is 0 Å². The third-order valence-corrected chi connectivity index (χ3v) is 3.78. The molecule has 1 aromatic heterocycles. The van der Waals surface area contributed by atoms with Crippen LogP contribution in [-0.4, -0.2) is 33.6 Å². The Balaban J connectivity index is 2.34. The van der Waals surface area contributed by atoms with Crippen molar-refractivity contribution in [2.45, 2.75) is 64.9 Å². The van der Waals surface area contributed by atoms with Crippen LogP contribution in [0.5, 0.6) is 5.75 Å². The van der Waals surface area contributed by atoms with Gasteiger partial charge < -0.3 is 15.2 Å². The topological polar surface area (TPSA) is 84.3 Å². The van der Waals surface area contributed by atoms with Crippen LogP contribution in [0.2, 0.25) is 0 Å². The first kappa shape index (κ1) is 18.2. The van der Waals surface area contributed by atoms with Crippen LogP contribution in [0, 0.1) is 0 Å². The predicted molar refractivity (Wildman–Crippen MR) is 92.6 cm³/mol. The molecule has 0 aliphatic carbocycles. The van der Waals surface area contributed by atoms with Crippen molar-refractivity contribution >= 4 is 12.0 Å². The lowest BCUT2D eigenvalue weighted by Crippen LogP contribution is -2.23. The Morgan fingerprint density at radius 3 is 2.08 bits per heavy atom. The zero-order valence-corrected chi connectivity index (χ0v) is 15.3. The Hall–Kier alpha value is -2.11. The molecule has 6 nitrogen and oxygen atoms in total. The summed E-state index contributed by atoms with van der Waals surface area (Å²) < 4.78 is 5.47. The minimum absolute atomic E-state index is 0.1000. The number of ether oxygens (including phenoxy) is 1. The fraction of sp³-hybridized carbons (Fsp3) is 0.611. The van der Waals surface area contributed by atoms with Gasteiger partial charge in [-0.25, -0.2) is 9.97 Å². The van der Waals surface area contributed by atoms with Crippen LogP contribution in [0.1, 0.15) is 65.2 Å². The van der Waals surface area contributed by atoms with Gasteiger partial charge in [0.15, 0.2) is 17.7 Å². The van der Waals surface area contributed by atoms with Crippen LogP contribution in [0.15, 0.2) is 6.26 Å². The second kappa shape index (κ2) is 6.42. The predicted octanol–water partition coefficient (Wildman–Crippen LogP) is 2.65. The Morgan fingerprint density at radius 1 is 1.12 bits per heavy atom. The van der Waals surface area contributed by atoms with E-state index < -0.39 is 6.10 Å². The van der Waals surface area contributed by atoms with E-state index >= 15 is 0 Å². The number of carbonyl (C=O) groups excluding carboxylic acids is 1. The summed E-state index contributed by atoms with van der Waals surface area (Å²) in [6.07, 6.45) is 3.29. The third-order valence-electron chi connectivity index (χ3n) is 3.78. The highest BCUT2D eigenvalue weighted by atomic mass is 16.5. The van der Waals surface area contributed by atoms with E-state index in [2.05, 4.69) is 15.3 Å². The molecule has 24 heavy (non-hydrogen) atoms. The van der Waals surface area contributed by atoms with Crippen LogP contribution in [0.3, 0.4) is 0 Å². The molecule has 1 fully saturated rings. The smallest absolute Gasteiger partial charge is 0.261 e. The molecule has 2 heterocycles. The van der Waals surface area contributed by atoms with Gasteiger partial charge in [-0.1, -0.05) is 41.5 Å². The number of carbonyl (C=O) groups is 1. The molecule has 1 atom stereocenters. The van der Waals surface area contributed by atoms with Crippen molar-refractivity contribution in [1.29, 1.82) is 0 Å². The highest BCUT2D eigenvalue weighted by molar-refractivity contribution is 5.82. The van der Waals surface area contributed by atoms with Gasteiger partial charge in [0.2, 0.25) is 0 Å². The number of nitrogens with one attached hydrogen (secondary N) is 1. The minimum atomic E-state index is -0.456. The molecule has 0 saturated carbocycles. The molecule has 1 aromatic rings. The second-order valence-electron chi connectivity index (χ2n) is 8.13. The van der Waals surface area contributed by atoms with Crippen molar-refractivity contribution in [3.8, 4) is 5.75 Å². The van der Waals surface area contributed by atoms with E-state index in [9.17, 15) is 9.90 Å². The molecule has 1 aliphatic rings. The summed E-state index contributed by atoms with van der Waals surface area (Å²) in [6.45, 7) is 12.6. The van der Waals surface area contributed by atoms with Crippen molar-refractivity contribution in [3.63, 3.8) is 0 Å². The van der Waals surface area contributed by atoms with E-state index in [0.717, 1.165) is 0 Å². The lowest BCUT2D eigenvalue weighted by molar-refractivity contribution is -0.126. The van der Waals surface area contributed by atoms with Crippen molar-refractivity contribution in [2.75, 3.05) is 6.54 Å². The van der Waals surface area contributed by atoms with Crippen molar-refractivity contribution in [1.82, 2.24) is 15.3 Å². The number of hydrogen-bond donors (Lipinski definition) is 2. The summed E-state index contributed by atoms with van der Waals surface area (Å²) in [5, 5.41) is 13.3. The van der Waals surface area contributed by atoms with Crippen molar-refractivity contribution in [2.24, 2.45) is 0 Å². The summed E-state index contributed by atoms with van der Waals surface area (Å²) in [7, 11) is 0. The minimum Gasteiger partial charge on any atom is -0.504 e. The highest BCUT2D eigenvalue weighted by Gasteiger charge is 2.29. The molecular weight excluding hydrogens is 306 g/mol. The second-order valence-corrected chi connectivity index (χ2v) is 8.13. The van der Waals surface area contributed by atoms with E-state index in [-0.39, 0.29) is 22.5 Å². The molecule has 1 unspecified atom stereocenters. The van der Waals surface area contributed by atoms with Gasteiger partial charge in [0.1, 0.15) is 0 Å². The summed E-state index contributed by atoms with van der Waals surface area (Å²) in [4.78, 5) is 20.4. The van der Waals surface area contributed by atoms with E-state index in [1.807, 2.05) is 41.5 Å². The number of amides is 1. The lowest BCUT2D eigenvalue weighted by atomic mass is 9.85. The van der Waals surface area contributed by atoms with E-state index in [4.69, 9.17) is 4.74 Å².